The first-order valence-electron chi connectivity index (χ1n) is 5.69. The summed E-state index contributed by atoms with van der Waals surface area (Å²) in [5.74, 6) is 0. The van der Waals surface area contributed by atoms with Gasteiger partial charge in [0, 0.05) is 5.54 Å². The van der Waals surface area contributed by atoms with Gasteiger partial charge < -0.3 is 10.8 Å². The highest BCUT2D eigenvalue weighted by molar-refractivity contribution is 5.29. The highest BCUT2D eigenvalue weighted by atomic mass is 16.3. The molecule has 0 saturated heterocycles. The van der Waals surface area contributed by atoms with Crippen molar-refractivity contribution in [3.63, 3.8) is 0 Å². The van der Waals surface area contributed by atoms with Crippen molar-refractivity contribution in [3.8, 4) is 0 Å². The van der Waals surface area contributed by atoms with Crippen LogP contribution in [-0.2, 0) is 5.54 Å². The van der Waals surface area contributed by atoms with Crippen LogP contribution >= 0.6 is 0 Å². The van der Waals surface area contributed by atoms with Crippen molar-refractivity contribution >= 4 is 0 Å². The van der Waals surface area contributed by atoms with Crippen molar-refractivity contribution < 1.29 is 5.11 Å². The van der Waals surface area contributed by atoms with E-state index >= 15 is 0 Å². The average molecular weight is 205 g/mol. The summed E-state index contributed by atoms with van der Waals surface area (Å²) in [5.41, 5.74) is 8.40. The van der Waals surface area contributed by atoms with Gasteiger partial charge in [0.05, 0.1) is 6.10 Å². The Morgan fingerprint density at radius 3 is 2.20 bits per heavy atom. The molecular weight excluding hydrogens is 186 g/mol. The molecule has 1 aromatic carbocycles. The lowest BCUT2D eigenvalue weighted by molar-refractivity contribution is 0.199. The molecule has 0 amide bonds. The number of rotatable bonds is 2. The van der Waals surface area contributed by atoms with E-state index in [0.717, 1.165) is 18.4 Å². The minimum absolute atomic E-state index is 0.114. The second-order valence-corrected chi connectivity index (χ2v) is 4.66. The number of aliphatic hydroxyl groups excluding tert-OH is 1. The molecule has 0 radical (unpaired) electrons. The fourth-order valence-corrected chi connectivity index (χ4v) is 2.39. The molecule has 1 unspecified atom stereocenters. The van der Waals surface area contributed by atoms with Crippen LogP contribution in [0.5, 0.6) is 0 Å². The van der Waals surface area contributed by atoms with E-state index in [0.29, 0.717) is 0 Å². The summed E-state index contributed by atoms with van der Waals surface area (Å²) in [6.45, 7) is 1.78. The molecule has 0 heterocycles. The van der Waals surface area contributed by atoms with Crippen LogP contribution in [0.25, 0.3) is 0 Å². The zero-order valence-electron chi connectivity index (χ0n) is 9.24. The van der Waals surface area contributed by atoms with Crippen molar-refractivity contribution in [2.24, 2.45) is 5.73 Å². The Labute approximate surface area is 91.1 Å². The molecule has 0 spiro atoms. The lowest BCUT2D eigenvalue weighted by Crippen LogP contribution is -2.32. The van der Waals surface area contributed by atoms with Gasteiger partial charge in [-0.15, -0.1) is 0 Å². The Morgan fingerprint density at radius 1 is 1.20 bits per heavy atom. The quantitative estimate of drug-likeness (QED) is 0.779. The minimum atomic E-state index is -0.392. The molecule has 1 saturated carbocycles. The number of benzene rings is 1. The van der Waals surface area contributed by atoms with Gasteiger partial charge >= 0.3 is 0 Å². The van der Waals surface area contributed by atoms with Crippen LogP contribution in [0.2, 0.25) is 0 Å². The molecule has 1 aliphatic carbocycles. The molecule has 2 nitrogen and oxygen atoms in total. The second kappa shape index (κ2) is 3.95. The maximum atomic E-state index is 9.41. The predicted octanol–water partition coefficient (Wildman–Crippen LogP) is 2.47. The van der Waals surface area contributed by atoms with Gasteiger partial charge in [-0.05, 0) is 30.9 Å². The molecule has 1 aliphatic rings. The summed E-state index contributed by atoms with van der Waals surface area (Å²) in [6.07, 6.45) is 4.24. The lowest BCUT2D eigenvalue weighted by atomic mass is 9.88. The molecule has 15 heavy (non-hydrogen) atoms. The van der Waals surface area contributed by atoms with Gasteiger partial charge in [0.25, 0.3) is 0 Å². The molecule has 82 valence electrons. The topological polar surface area (TPSA) is 46.2 Å². The fourth-order valence-electron chi connectivity index (χ4n) is 2.39. The Kier molecular flexibility index (Phi) is 2.81. The normalized spacial score (nSPS) is 21.5. The summed E-state index contributed by atoms with van der Waals surface area (Å²) in [6, 6.07) is 8.08. The van der Waals surface area contributed by atoms with Crippen LogP contribution in [0, 0.1) is 0 Å². The molecule has 1 fully saturated rings. The number of hydrogen-bond donors (Lipinski definition) is 2. The number of aliphatic hydroxyl groups is 1. The molecular formula is C13H19NO. The maximum Gasteiger partial charge on any atom is 0.0761 e. The zero-order valence-corrected chi connectivity index (χ0v) is 9.24. The summed E-state index contributed by atoms with van der Waals surface area (Å²) in [7, 11) is 0. The molecule has 0 aromatic heterocycles. The monoisotopic (exact) mass is 205 g/mol. The lowest BCUT2D eigenvalue weighted by Gasteiger charge is -2.24. The molecule has 1 aromatic rings. The van der Waals surface area contributed by atoms with Gasteiger partial charge in [0.2, 0.25) is 0 Å². The summed E-state index contributed by atoms with van der Waals surface area (Å²) in [5, 5.41) is 9.41. The van der Waals surface area contributed by atoms with Crippen molar-refractivity contribution in [2.75, 3.05) is 0 Å². The van der Waals surface area contributed by atoms with Crippen LogP contribution in [0.1, 0.15) is 49.8 Å². The van der Waals surface area contributed by atoms with E-state index in [1.54, 1.807) is 6.92 Å². The Morgan fingerprint density at radius 2 is 1.73 bits per heavy atom. The van der Waals surface area contributed by atoms with Crippen LogP contribution in [0.15, 0.2) is 24.3 Å². The third-order valence-corrected chi connectivity index (χ3v) is 3.46. The van der Waals surface area contributed by atoms with Crippen LogP contribution in [0.3, 0.4) is 0 Å². The zero-order chi connectivity index (χ0) is 10.9. The van der Waals surface area contributed by atoms with E-state index < -0.39 is 6.10 Å². The van der Waals surface area contributed by atoms with Crippen LogP contribution in [-0.4, -0.2) is 5.11 Å². The second-order valence-electron chi connectivity index (χ2n) is 4.66. The van der Waals surface area contributed by atoms with Gasteiger partial charge in [-0.1, -0.05) is 37.1 Å². The number of hydrogen-bond acceptors (Lipinski definition) is 2. The molecule has 0 aliphatic heterocycles. The van der Waals surface area contributed by atoms with Gasteiger partial charge in [-0.3, -0.25) is 0 Å². The van der Waals surface area contributed by atoms with Gasteiger partial charge in [0.15, 0.2) is 0 Å². The largest absolute Gasteiger partial charge is 0.389 e. The number of nitrogens with two attached hydrogens (primary N) is 1. The Balaban J connectivity index is 2.23. The molecule has 3 N–H and O–H groups in total. The van der Waals surface area contributed by atoms with Gasteiger partial charge in [-0.2, -0.15) is 0 Å². The molecule has 0 bridgehead atoms. The van der Waals surface area contributed by atoms with Gasteiger partial charge in [-0.25, -0.2) is 0 Å². The van der Waals surface area contributed by atoms with Gasteiger partial charge in [0.1, 0.15) is 0 Å². The molecule has 1 atom stereocenters. The predicted molar refractivity (Wildman–Crippen MR) is 61.4 cm³/mol. The highest BCUT2D eigenvalue weighted by Gasteiger charge is 2.30. The van der Waals surface area contributed by atoms with Crippen molar-refractivity contribution in [2.45, 2.75) is 44.2 Å². The smallest absolute Gasteiger partial charge is 0.0761 e. The summed E-state index contributed by atoms with van der Waals surface area (Å²) >= 11 is 0. The standard InChI is InChI=1S/C13H19NO/c1-10(15)11-4-6-12(7-5-11)13(14)8-2-3-9-13/h4-7,10,15H,2-3,8-9,14H2,1H3. The van der Waals surface area contributed by atoms with Crippen molar-refractivity contribution in [1.82, 2.24) is 0 Å². The van der Waals surface area contributed by atoms with Crippen molar-refractivity contribution in [1.29, 1.82) is 0 Å². The van der Waals surface area contributed by atoms with Crippen LogP contribution in [0.4, 0.5) is 0 Å². The SMILES string of the molecule is CC(O)c1ccc(C2(N)CCCC2)cc1. The minimum Gasteiger partial charge on any atom is -0.389 e. The summed E-state index contributed by atoms with van der Waals surface area (Å²) in [4.78, 5) is 0. The Hall–Kier alpha value is -0.860. The average Bonchev–Trinajstić information content (AvgIpc) is 2.67. The third-order valence-electron chi connectivity index (χ3n) is 3.46. The highest BCUT2D eigenvalue weighted by Crippen LogP contribution is 2.36. The molecule has 2 heteroatoms. The molecule has 2 rings (SSSR count). The first-order chi connectivity index (χ1) is 7.12. The third kappa shape index (κ3) is 2.06. The van der Waals surface area contributed by atoms with E-state index in [4.69, 9.17) is 5.73 Å². The van der Waals surface area contributed by atoms with E-state index in [2.05, 4.69) is 12.1 Å². The van der Waals surface area contributed by atoms with Crippen molar-refractivity contribution in [3.05, 3.63) is 35.4 Å². The summed E-state index contributed by atoms with van der Waals surface area (Å²) < 4.78 is 0. The van der Waals surface area contributed by atoms with Crippen LogP contribution < -0.4 is 5.73 Å². The van der Waals surface area contributed by atoms with E-state index in [1.807, 2.05) is 12.1 Å². The maximum absolute atomic E-state index is 9.41. The Bertz CT molecular complexity index is 323. The van der Waals surface area contributed by atoms with E-state index in [-0.39, 0.29) is 5.54 Å². The van der Waals surface area contributed by atoms with E-state index in [9.17, 15) is 5.11 Å². The first-order valence-corrected chi connectivity index (χ1v) is 5.69. The van der Waals surface area contributed by atoms with E-state index in [1.165, 1.54) is 18.4 Å². The first kappa shape index (κ1) is 10.7. The fraction of sp³-hybridized carbons (Fsp3) is 0.538.